The molecule has 1 saturated heterocycles. The van der Waals surface area contributed by atoms with Gasteiger partial charge in [0.1, 0.15) is 28.7 Å². The Labute approximate surface area is 221 Å². The van der Waals surface area contributed by atoms with Crippen LogP contribution in [0.2, 0.25) is 5.02 Å². The van der Waals surface area contributed by atoms with Gasteiger partial charge in [0, 0.05) is 18.3 Å². The minimum Gasteiger partial charge on any atom is -0.348 e. The molecule has 2 heterocycles. The van der Waals surface area contributed by atoms with Crippen molar-refractivity contribution in [3.63, 3.8) is 0 Å². The topological polar surface area (TPSA) is 120 Å². The molecule has 2 amide bonds. The van der Waals surface area contributed by atoms with E-state index in [2.05, 4.69) is 20.3 Å². The van der Waals surface area contributed by atoms with Crippen LogP contribution < -0.4 is 15.4 Å². The summed E-state index contributed by atoms with van der Waals surface area (Å²) in [5.74, 6) is -2.43. The second kappa shape index (κ2) is 10.8. The fourth-order valence-corrected chi connectivity index (χ4v) is 6.25. The zero-order chi connectivity index (χ0) is 26.9. The third kappa shape index (κ3) is 5.96. The Morgan fingerprint density at radius 1 is 1.19 bits per heavy atom. The highest BCUT2D eigenvalue weighted by atomic mass is 35.5. The summed E-state index contributed by atoms with van der Waals surface area (Å²) in [5.41, 5.74) is 1.16. The predicted molar refractivity (Wildman–Crippen MR) is 136 cm³/mol. The zero-order valence-corrected chi connectivity index (χ0v) is 22.0. The SMILES string of the molecule is Cc1nc(CNC(=O)C2CC(C(=O)Nc3ccc(F)c(Cl)c3)N(C)S(=O)(=O)N2)sc1-c1ccccc1F. The van der Waals surface area contributed by atoms with E-state index in [4.69, 9.17) is 11.6 Å². The van der Waals surface area contributed by atoms with Gasteiger partial charge in [0.05, 0.1) is 22.1 Å². The van der Waals surface area contributed by atoms with Crippen molar-refractivity contribution in [3.05, 3.63) is 69.8 Å². The highest BCUT2D eigenvalue weighted by Crippen LogP contribution is 2.32. The summed E-state index contributed by atoms with van der Waals surface area (Å²) < 4.78 is 55.9. The second-order valence-corrected chi connectivity index (χ2v) is 11.5. The quantitative estimate of drug-likeness (QED) is 0.421. The summed E-state index contributed by atoms with van der Waals surface area (Å²) in [6.07, 6.45) is -0.167. The van der Waals surface area contributed by atoms with E-state index in [1.807, 2.05) is 0 Å². The highest BCUT2D eigenvalue weighted by Gasteiger charge is 2.42. The van der Waals surface area contributed by atoms with E-state index in [1.165, 1.54) is 36.6 Å². The summed E-state index contributed by atoms with van der Waals surface area (Å²) in [7, 11) is -2.95. The molecule has 37 heavy (non-hydrogen) atoms. The van der Waals surface area contributed by atoms with Crippen molar-refractivity contribution < 1.29 is 26.8 Å². The average molecular weight is 570 g/mol. The molecule has 0 aliphatic carbocycles. The number of benzene rings is 2. The van der Waals surface area contributed by atoms with Crippen molar-refractivity contribution in [1.29, 1.82) is 0 Å². The van der Waals surface area contributed by atoms with Crippen LogP contribution in [0.15, 0.2) is 42.5 Å². The van der Waals surface area contributed by atoms with Gasteiger partial charge in [-0.15, -0.1) is 11.3 Å². The molecule has 0 bridgehead atoms. The van der Waals surface area contributed by atoms with E-state index in [0.29, 0.717) is 21.1 Å². The van der Waals surface area contributed by atoms with E-state index in [-0.39, 0.29) is 23.7 Å². The fraction of sp³-hybridized carbons (Fsp3) is 0.261. The predicted octanol–water partition coefficient (Wildman–Crippen LogP) is 3.21. The number of carbonyl (C=O) groups excluding carboxylic acids is 2. The Balaban J connectivity index is 1.44. The minimum absolute atomic E-state index is 0.0161. The van der Waals surface area contributed by atoms with Crippen LogP contribution in [0.1, 0.15) is 17.1 Å². The van der Waals surface area contributed by atoms with Crippen LogP contribution >= 0.6 is 22.9 Å². The number of anilines is 1. The van der Waals surface area contributed by atoms with Crippen LogP contribution in [0, 0.1) is 18.6 Å². The summed E-state index contributed by atoms with van der Waals surface area (Å²) in [5, 5.41) is 5.42. The van der Waals surface area contributed by atoms with Crippen molar-refractivity contribution in [1.82, 2.24) is 19.3 Å². The van der Waals surface area contributed by atoms with Crippen LogP contribution in [-0.2, 0) is 26.3 Å². The van der Waals surface area contributed by atoms with Crippen molar-refractivity contribution in [2.75, 3.05) is 12.4 Å². The Morgan fingerprint density at radius 2 is 1.92 bits per heavy atom. The Hall–Kier alpha value is -2.97. The summed E-state index contributed by atoms with van der Waals surface area (Å²) in [6, 6.07) is 7.36. The van der Waals surface area contributed by atoms with E-state index in [0.717, 1.165) is 10.4 Å². The number of aryl methyl sites for hydroxylation is 1. The summed E-state index contributed by atoms with van der Waals surface area (Å²) in [6.45, 7) is 1.71. The third-order valence-electron chi connectivity index (χ3n) is 5.75. The number of hydrogen-bond donors (Lipinski definition) is 3. The van der Waals surface area contributed by atoms with E-state index in [1.54, 1.807) is 25.1 Å². The fourth-order valence-electron chi connectivity index (χ4n) is 3.79. The first-order valence-corrected chi connectivity index (χ1v) is 13.6. The third-order valence-corrected chi connectivity index (χ3v) is 8.82. The lowest BCUT2D eigenvalue weighted by Crippen LogP contribution is -2.62. The van der Waals surface area contributed by atoms with Crippen LogP contribution in [0.25, 0.3) is 10.4 Å². The molecule has 3 N–H and O–H groups in total. The van der Waals surface area contributed by atoms with Gasteiger partial charge in [-0.1, -0.05) is 29.8 Å². The van der Waals surface area contributed by atoms with Gasteiger partial charge in [0.15, 0.2) is 0 Å². The van der Waals surface area contributed by atoms with Gasteiger partial charge < -0.3 is 10.6 Å². The number of aromatic nitrogens is 1. The van der Waals surface area contributed by atoms with Gasteiger partial charge in [-0.25, -0.2) is 13.8 Å². The molecule has 3 aromatic rings. The van der Waals surface area contributed by atoms with Crippen molar-refractivity contribution in [2.45, 2.75) is 32.0 Å². The number of likely N-dealkylation sites (N-methyl/N-ethyl adjacent to an activating group) is 1. The normalized spacial score (nSPS) is 19.4. The lowest BCUT2D eigenvalue weighted by Gasteiger charge is -2.35. The number of hydrogen-bond acceptors (Lipinski definition) is 6. The standard InChI is InChI=1S/C23H22ClF2N5O4S2/c1-12-21(14-5-3-4-6-16(14)25)36-20(28-12)11-27-22(32)18-10-19(31(2)37(34,35)30-18)23(33)29-13-7-8-17(26)15(24)9-13/h3-9,18-19,30H,10-11H2,1-2H3,(H,27,32)(H,29,33). The second-order valence-electron chi connectivity index (χ2n) is 8.28. The smallest absolute Gasteiger partial charge is 0.280 e. The molecule has 1 aliphatic rings. The van der Waals surface area contributed by atoms with Gasteiger partial charge in [-0.05, 0) is 37.6 Å². The molecule has 2 atom stereocenters. The molecule has 0 spiro atoms. The molecule has 2 aromatic carbocycles. The van der Waals surface area contributed by atoms with Gasteiger partial charge in [-0.2, -0.15) is 17.4 Å². The van der Waals surface area contributed by atoms with Crippen LogP contribution in [0.3, 0.4) is 0 Å². The van der Waals surface area contributed by atoms with Gasteiger partial charge in [0.2, 0.25) is 11.8 Å². The molecule has 1 aromatic heterocycles. The number of carbonyl (C=O) groups is 2. The zero-order valence-electron chi connectivity index (χ0n) is 19.6. The first-order valence-electron chi connectivity index (χ1n) is 11.0. The average Bonchev–Trinajstić information content (AvgIpc) is 3.21. The summed E-state index contributed by atoms with van der Waals surface area (Å²) in [4.78, 5) is 30.7. The van der Waals surface area contributed by atoms with Crippen LogP contribution in [-0.4, -0.2) is 48.7 Å². The monoisotopic (exact) mass is 569 g/mol. The maximum atomic E-state index is 14.2. The molecule has 9 nitrogen and oxygen atoms in total. The van der Waals surface area contributed by atoms with Gasteiger partial charge in [-0.3, -0.25) is 9.59 Å². The van der Waals surface area contributed by atoms with E-state index in [9.17, 15) is 26.8 Å². The van der Waals surface area contributed by atoms with E-state index >= 15 is 0 Å². The number of nitrogens with one attached hydrogen (secondary N) is 3. The number of amides is 2. The molecule has 1 aliphatic heterocycles. The molecule has 14 heteroatoms. The van der Waals surface area contributed by atoms with Crippen molar-refractivity contribution in [2.24, 2.45) is 0 Å². The first kappa shape index (κ1) is 27.1. The molecule has 4 rings (SSSR count). The Bertz CT molecular complexity index is 1470. The minimum atomic E-state index is -4.16. The molecular formula is C23H22ClF2N5O4S2. The van der Waals surface area contributed by atoms with Crippen LogP contribution in [0.4, 0.5) is 14.5 Å². The van der Waals surface area contributed by atoms with Crippen molar-refractivity contribution in [3.8, 4) is 10.4 Å². The molecule has 1 fully saturated rings. The van der Waals surface area contributed by atoms with E-state index < -0.39 is 45.7 Å². The number of thiazole rings is 1. The highest BCUT2D eigenvalue weighted by molar-refractivity contribution is 7.87. The van der Waals surface area contributed by atoms with Crippen LogP contribution in [0.5, 0.6) is 0 Å². The number of halogens is 3. The van der Waals surface area contributed by atoms with Gasteiger partial charge in [0.25, 0.3) is 10.2 Å². The Kier molecular flexibility index (Phi) is 7.90. The maximum Gasteiger partial charge on any atom is 0.280 e. The Morgan fingerprint density at radius 3 is 2.62 bits per heavy atom. The first-order chi connectivity index (χ1) is 17.5. The number of nitrogens with zero attached hydrogens (tertiary/aromatic N) is 2. The largest absolute Gasteiger partial charge is 0.348 e. The summed E-state index contributed by atoms with van der Waals surface area (Å²) >= 11 is 6.95. The van der Waals surface area contributed by atoms with Gasteiger partial charge >= 0.3 is 0 Å². The molecule has 196 valence electrons. The lowest BCUT2D eigenvalue weighted by molar-refractivity contribution is -0.124. The molecule has 0 saturated carbocycles. The number of rotatable bonds is 6. The lowest BCUT2D eigenvalue weighted by atomic mass is 10.1. The maximum absolute atomic E-state index is 14.2. The van der Waals surface area contributed by atoms with Crippen molar-refractivity contribution >= 4 is 50.6 Å². The molecule has 0 radical (unpaired) electrons. The molecule has 2 unspecified atom stereocenters. The molecular weight excluding hydrogens is 548 g/mol.